The van der Waals surface area contributed by atoms with Crippen molar-refractivity contribution in [3.05, 3.63) is 12.2 Å². The molecule has 0 aromatic rings. The number of allylic oxidation sites excluding steroid dienone is 1. The fraction of sp³-hybridized carbons (Fsp3) is 0.865. The van der Waals surface area contributed by atoms with Crippen molar-refractivity contribution < 1.29 is 48.7 Å². The first-order chi connectivity index (χ1) is 21.9. The molecule has 0 amide bonds. The summed E-state index contributed by atoms with van der Waals surface area (Å²) in [5, 5.41) is 32.8. The SMILES string of the molecule is C=C(C=O)[C@@H](C)[C@@H]1CC[C@]23C[C@]12CC[C@@H]1[C@@]2(C)CC[C@@H](OC(C)=O)C(C)(C)[C@@H]2C[C@@H](O[C@@H]2O[C@@H](COC(C)=O)[C@@H](O)[C@@H](O)[C@@H]2O)[C@]13C. The molecule has 0 radical (unpaired) electrons. The Hall–Kier alpha value is -1.85. The van der Waals surface area contributed by atoms with E-state index >= 15 is 0 Å². The normalized spacial score (nSPS) is 50.1. The van der Waals surface area contributed by atoms with E-state index in [4.69, 9.17) is 18.9 Å². The van der Waals surface area contributed by atoms with Gasteiger partial charge in [-0.3, -0.25) is 14.4 Å². The summed E-state index contributed by atoms with van der Waals surface area (Å²) < 4.78 is 24.2. The topological polar surface area (TPSA) is 149 Å². The van der Waals surface area contributed by atoms with Gasteiger partial charge in [0, 0.05) is 24.7 Å². The largest absolute Gasteiger partial charge is 0.463 e. The quantitative estimate of drug-likeness (QED) is 0.150. The van der Waals surface area contributed by atoms with Crippen LogP contribution in [0.2, 0.25) is 0 Å². The van der Waals surface area contributed by atoms with Crippen LogP contribution in [0.4, 0.5) is 0 Å². The van der Waals surface area contributed by atoms with Crippen molar-refractivity contribution in [1.29, 1.82) is 0 Å². The third-order valence-electron chi connectivity index (χ3n) is 15.1. The maximum atomic E-state index is 12.2. The van der Waals surface area contributed by atoms with E-state index in [1.165, 1.54) is 13.8 Å². The number of aldehydes is 1. The Bertz CT molecular complexity index is 1300. The number of hydrogen-bond donors (Lipinski definition) is 3. The summed E-state index contributed by atoms with van der Waals surface area (Å²) in [6.07, 6.45) is 0.957. The molecule has 264 valence electrons. The maximum absolute atomic E-state index is 12.2. The molecule has 0 unspecified atom stereocenters. The fourth-order valence-corrected chi connectivity index (χ4v) is 12.8. The van der Waals surface area contributed by atoms with Crippen LogP contribution in [0.1, 0.15) is 99.8 Å². The Morgan fingerprint density at radius 1 is 0.936 bits per heavy atom. The van der Waals surface area contributed by atoms with Gasteiger partial charge in [0.25, 0.3) is 0 Å². The molecule has 1 heterocycles. The van der Waals surface area contributed by atoms with Gasteiger partial charge in [-0.1, -0.05) is 41.2 Å². The van der Waals surface area contributed by atoms with Crippen LogP contribution >= 0.6 is 0 Å². The van der Waals surface area contributed by atoms with Crippen LogP contribution in [0.25, 0.3) is 0 Å². The van der Waals surface area contributed by atoms with Gasteiger partial charge in [0.1, 0.15) is 43.4 Å². The van der Waals surface area contributed by atoms with E-state index in [2.05, 4.69) is 41.2 Å². The molecule has 5 aliphatic carbocycles. The molecule has 0 aromatic heterocycles. The maximum Gasteiger partial charge on any atom is 0.302 e. The molecule has 0 spiro atoms. The number of ether oxygens (including phenoxy) is 4. The number of carbonyl (C=O) groups excluding carboxylic acids is 3. The lowest BCUT2D eigenvalue weighted by atomic mass is 9.37. The zero-order valence-corrected chi connectivity index (χ0v) is 29.2. The Labute approximate surface area is 278 Å². The van der Waals surface area contributed by atoms with Crippen LogP contribution in [0, 0.1) is 50.7 Å². The predicted octanol–water partition coefficient (Wildman–Crippen LogP) is 4.11. The van der Waals surface area contributed by atoms with Crippen LogP contribution in [0.15, 0.2) is 12.2 Å². The molecule has 6 aliphatic rings. The van der Waals surface area contributed by atoms with Gasteiger partial charge in [0.2, 0.25) is 0 Å². The molecule has 10 heteroatoms. The number of carbonyl (C=O) groups is 3. The van der Waals surface area contributed by atoms with Crippen LogP contribution in [0.5, 0.6) is 0 Å². The Morgan fingerprint density at radius 2 is 1.64 bits per heavy atom. The van der Waals surface area contributed by atoms with Crippen LogP contribution in [-0.2, 0) is 33.3 Å². The molecule has 5 saturated carbocycles. The zero-order valence-electron chi connectivity index (χ0n) is 29.2. The van der Waals surface area contributed by atoms with E-state index in [0.717, 1.165) is 51.2 Å². The average Bonchev–Trinajstić information content (AvgIpc) is 3.58. The van der Waals surface area contributed by atoms with Crippen LogP contribution in [-0.4, -0.2) is 83.1 Å². The monoisotopic (exact) mass is 660 g/mol. The molecule has 6 rings (SSSR count). The molecular weight excluding hydrogens is 604 g/mol. The van der Waals surface area contributed by atoms with E-state index in [1.54, 1.807) is 0 Å². The lowest BCUT2D eigenvalue weighted by molar-refractivity contribution is -0.344. The van der Waals surface area contributed by atoms with Gasteiger partial charge in [-0.05, 0) is 96.9 Å². The molecule has 0 bridgehead atoms. The van der Waals surface area contributed by atoms with E-state index in [9.17, 15) is 29.7 Å². The van der Waals surface area contributed by atoms with E-state index < -0.39 is 36.7 Å². The van der Waals surface area contributed by atoms with Crippen molar-refractivity contribution in [2.75, 3.05) is 6.61 Å². The van der Waals surface area contributed by atoms with Gasteiger partial charge in [-0.15, -0.1) is 0 Å². The summed E-state index contributed by atoms with van der Waals surface area (Å²) in [5.41, 5.74) is -0.0564. The number of aliphatic hydroxyl groups excluding tert-OH is 3. The zero-order chi connectivity index (χ0) is 34.5. The molecule has 1 saturated heterocycles. The highest BCUT2D eigenvalue weighted by atomic mass is 16.7. The molecule has 47 heavy (non-hydrogen) atoms. The first-order valence-corrected chi connectivity index (χ1v) is 17.7. The number of esters is 2. The minimum Gasteiger partial charge on any atom is -0.463 e. The molecule has 1 aliphatic heterocycles. The van der Waals surface area contributed by atoms with Gasteiger partial charge >= 0.3 is 11.9 Å². The van der Waals surface area contributed by atoms with Gasteiger partial charge < -0.3 is 34.3 Å². The lowest BCUT2D eigenvalue weighted by Crippen LogP contribution is -2.68. The van der Waals surface area contributed by atoms with Gasteiger partial charge in [-0.2, -0.15) is 0 Å². The highest BCUT2D eigenvalue weighted by Gasteiger charge is 2.85. The van der Waals surface area contributed by atoms with Crippen molar-refractivity contribution >= 4 is 18.2 Å². The van der Waals surface area contributed by atoms with Crippen LogP contribution < -0.4 is 0 Å². The van der Waals surface area contributed by atoms with Gasteiger partial charge in [0.05, 0.1) is 6.10 Å². The minimum atomic E-state index is -1.55. The second-order valence-electron chi connectivity index (χ2n) is 17.1. The molecule has 3 N–H and O–H groups in total. The van der Waals surface area contributed by atoms with Crippen LogP contribution in [0.3, 0.4) is 0 Å². The third kappa shape index (κ3) is 4.85. The van der Waals surface area contributed by atoms with Crippen molar-refractivity contribution in [3.8, 4) is 0 Å². The summed E-state index contributed by atoms with van der Waals surface area (Å²) >= 11 is 0. The van der Waals surface area contributed by atoms with Gasteiger partial charge in [-0.25, -0.2) is 0 Å². The molecule has 10 nitrogen and oxygen atoms in total. The Morgan fingerprint density at radius 3 is 2.28 bits per heavy atom. The van der Waals surface area contributed by atoms with Crippen molar-refractivity contribution in [2.24, 2.45) is 50.7 Å². The Balaban J connectivity index is 1.40. The number of hydrogen-bond acceptors (Lipinski definition) is 10. The fourth-order valence-electron chi connectivity index (χ4n) is 12.8. The second-order valence-corrected chi connectivity index (χ2v) is 17.1. The molecular formula is C37H56O10. The summed E-state index contributed by atoms with van der Waals surface area (Å²) in [6.45, 7) is 17.9. The highest BCUT2D eigenvalue weighted by molar-refractivity contribution is 5.73. The smallest absolute Gasteiger partial charge is 0.302 e. The summed E-state index contributed by atoms with van der Waals surface area (Å²) in [6, 6.07) is 0. The second kappa shape index (κ2) is 11.6. The summed E-state index contributed by atoms with van der Waals surface area (Å²) in [5.74, 6) is -0.00407. The predicted molar refractivity (Wildman–Crippen MR) is 170 cm³/mol. The number of aliphatic hydroxyl groups is 3. The third-order valence-corrected chi connectivity index (χ3v) is 15.1. The van der Waals surface area contributed by atoms with Gasteiger partial charge in [0.15, 0.2) is 6.29 Å². The lowest BCUT2D eigenvalue weighted by Gasteiger charge is -2.69. The molecule has 15 atom stereocenters. The average molecular weight is 661 g/mol. The summed E-state index contributed by atoms with van der Waals surface area (Å²) in [7, 11) is 0. The first kappa shape index (κ1) is 35.0. The Kier molecular flexibility index (Phi) is 8.64. The van der Waals surface area contributed by atoms with E-state index in [0.29, 0.717) is 17.9 Å². The highest BCUT2D eigenvalue weighted by Crippen LogP contribution is 2.91. The first-order valence-electron chi connectivity index (χ1n) is 17.7. The molecule has 6 fully saturated rings. The van der Waals surface area contributed by atoms with Crippen molar-refractivity contribution in [1.82, 2.24) is 0 Å². The standard InChI is InChI=1S/C37H56O10/c1-19(16-38)20(2)23-9-14-37-18-36(23,37)13-10-25-34(7)12-11-27(45-22(4)40)33(5,6)26(34)15-28(35(25,37)8)47-32-31(43)30(42)29(41)24(46-32)17-44-21(3)39/h16,20,23-32,41-43H,1,9-15,17-18H2,2-8H3/t20-,23+,24+,25-,26+,27-,28-,29-,30-,31+,32+,34-,35+,36-,37-/m1/s1. The number of fused-ring (bicyclic) bond motifs is 3. The van der Waals surface area contributed by atoms with E-state index in [1.807, 2.05) is 0 Å². The summed E-state index contributed by atoms with van der Waals surface area (Å²) in [4.78, 5) is 35.6. The van der Waals surface area contributed by atoms with Crippen molar-refractivity contribution in [2.45, 2.75) is 143 Å². The van der Waals surface area contributed by atoms with E-state index in [-0.39, 0.29) is 69.6 Å². The number of rotatable bonds is 8. The molecule has 0 aromatic carbocycles. The van der Waals surface area contributed by atoms with Crippen molar-refractivity contribution in [3.63, 3.8) is 0 Å². The minimum absolute atomic E-state index is 0.0323.